The van der Waals surface area contributed by atoms with E-state index in [2.05, 4.69) is 13.8 Å². The second-order valence-corrected chi connectivity index (χ2v) is 3.27. The van der Waals surface area contributed by atoms with Gasteiger partial charge in [0.05, 0.1) is 0 Å². The van der Waals surface area contributed by atoms with Gasteiger partial charge in [0.25, 0.3) is 0 Å². The topological polar surface area (TPSA) is 110 Å². The van der Waals surface area contributed by atoms with Crippen molar-refractivity contribution in [2.45, 2.75) is 52.4 Å². The molecular weight excluding hydrogens is 208 g/mol. The molecule has 100 valence electrons. The van der Waals surface area contributed by atoms with Gasteiger partial charge in [-0.05, 0) is 25.9 Å². The summed E-state index contributed by atoms with van der Waals surface area (Å²) >= 11 is 0. The van der Waals surface area contributed by atoms with E-state index in [-0.39, 0.29) is 0 Å². The van der Waals surface area contributed by atoms with Crippen molar-refractivity contribution in [2.75, 3.05) is 13.1 Å². The third-order valence-electron chi connectivity index (χ3n) is 1.62. The molecule has 0 spiro atoms. The van der Waals surface area contributed by atoms with Gasteiger partial charge in [0.1, 0.15) is 0 Å². The molecule has 16 heavy (non-hydrogen) atoms. The van der Waals surface area contributed by atoms with Crippen LogP contribution in [0.3, 0.4) is 0 Å². The predicted molar refractivity (Wildman–Crippen MR) is 67.8 cm³/mol. The molecule has 0 aliphatic carbocycles. The molecule has 0 aromatic carbocycles. The van der Waals surface area contributed by atoms with Crippen molar-refractivity contribution < 1.29 is 15.0 Å². The van der Waals surface area contributed by atoms with Crippen LogP contribution in [0.2, 0.25) is 0 Å². The number of carbonyl (C=O) groups is 1. The molecule has 0 amide bonds. The average molecular weight is 236 g/mol. The molecule has 0 radical (unpaired) electrons. The first-order chi connectivity index (χ1) is 7.56. The van der Waals surface area contributed by atoms with Crippen molar-refractivity contribution in [3.8, 4) is 0 Å². The zero-order chi connectivity index (χ0) is 13.2. The maximum absolute atomic E-state index is 8.56. The summed E-state index contributed by atoms with van der Waals surface area (Å²) in [6.07, 6.45) is 5.68. The van der Waals surface area contributed by atoms with Crippen LogP contribution < -0.4 is 11.5 Å². The maximum atomic E-state index is 8.56. The second-order valence-electron chi connectivity index (χ2n) is 3.27. The van der Waals surface area contributed by atoms with Gasteiger partial charge < -0.3 is 21.7 Å². The van der Waals surface area contributed by atoms with Gasteiger partial charge in [0.15, 0.2) is 0 Å². The van der Waals surface area contributed by atoms with E-state index in [4.69, 9.17) is 26.5 Å². The Balaban J connectivity index is -0.000000162. The average Bonchev–Trinajstić information content (AvgIpc) is 2.23. The fourth-order valence-corrected chi connectivity index (χ4v) is 0.789. The van der Waals surface area contributed by atoms with E-state index in [9.17, 15) is 0 Å². The van der Waals surface area contributed by atoms with Crippen LogP contribution in [-0.4, -0.2) is 29.5 Å². The third-order valence-corrected chi connectivity index (χ3v) is 1.62. The number of hydrogen-bond acceptors (Lipinski definition) is 3. The minimum atomic E-state index is -1.83. The van der Waals surface area contributed by atoms with E-state index in [1.54, 1.807) is 0 Å². The SMILES string of the molecule is CCCCCN.CCCCCN.O=C(O)O. The lowest BCUT2D eigenvalue weighted by atomic mass is 10.3. The zero-order valence-electron chi connectivity index (χ0n) is 10.6. The molecule has 0 unspecified atom stereocenters. The number of rotatable bonds is 6. The normalized spacial score (nSPS) is 8.25. The van der Waals surface area contributed by atoms with E-state index in [0.717, 1.165) is 13.1 Å². The van der Waals surface area contributed by atoms with Gasteiger partial charge in [-0.3, -0.25) is 0 Å². The van der Waals surface area contributed by atoms with E-state index in [1.165, 1.54) is 38.5 Å². The van der Waals surface area contributed by atoms with Crippen LogP contribution >= 0.6 is 0 Å². The van der Waals surface area contributed by atoms with Gasteiger partial charge in [0, 0.05) is 0 Å². The molecule has 0 heterocycles. The Hall–Kier alpha value is -0.810. The molecule has 0 saturated carbocycles. The minimum Gasteiger partial charge on any atom is -0.450 e. The van der Waals surface area contributed by atoms with Crippen molar-refractivity contribution in [1.29, 1.82) is 0 Å². The summed E-state index contributed by atoms with van der Waals surface area (Å²) in [6, 6.07) is 0. The zero-order valence-corrected chi connectivity index (χ0v) is 10.6. The monoisotopic (exact) mass is 236 g/mol. The highest BCUT2D eigenvalue weighted by Crippen LogP contribution is 1.88. The Bertz CT molecular complexity index is 102. The van der Waals surface area contributed by atoms with Crippen molar-refractivity contribution in [1.82, 2.24) is 0 Å². The molecule has 5 heteroatoms. The van der Waals surface area contributed by atoms with Gasteiger partial charge in [0.2, 0.25) is 0 Å². The van der Waals surface area contributed by atoms with Crippen LogP contribution in [0.5, 0.6) is 0 Å². The summed E-state index contributed by atoms with van der Waals surface area (Å²) in [4.78, 5) is 8.56. The quantitative estimate of drug-likeness (QED) is 0.530. The van der Waals surface area contributed by atoms with Crippen molar-refractivity contribution in [3.63, 3.8) is 0 Å². The summed E-state index contributed by atoms with van der Waals surface area (Å²) in [5.41, 5.74) is 10.4. The van der Waals surface area contributed by atoms with Crippen molar-refractivity contribution in [2.24, 2.45) is 11.5 Å². The van der Waals surface area contributed by atoms with Gasteiger partial charge in [-0.15, -0.1) is 0 Å². The second kappa shape index (κ2) is 23.8. The Morgan fingerprint density at radius 1 is 0.875 bits per heavy atom. The molecule has 0 saturated heterocycles. The van der Waals surface area contributed by atoms with Crippen LogP contribution in [0.15, 0.2) is 0 Å². The van der Waals surface area contributed by atoms with Crippen LogP contribution in [0.25, 0.3) is 0 Å². The number of hydrogen-bond donors (Lipinski definition) is 4. The highest BCUT2D eigenvalue weighted by molar-refractivity contribution is 5.53. The van der Waals surface area contributed by atoms with Crippen LogP contribution in [0, 0.1) is 0 Å². The Labute approximate surface area is 98.8 Å². The fourth-order valence-electron chi connectivity index (χ4n) is 0.789. The molecule has 6 N–H and O–H groups in total. The summed E-state index contributed by atoms with van der Waals surface area (Å²) in [7, 11) is 0. The van der Waals surface area contributed by atoms with Crippen molar-refractivity contribution in [3.05, 3.63) is 0 Å². The molecular formula is C11H28N2O3. The molecule has 0 aliphatic heterocycles. The van der Waals surface area contributed by atoms with E-state index in [0.29, 0.717) is 0 Å². The largest absolute Gasteiger partial charge is 0.503 e. The lowest BCUT2D eigenvalue weighted by molar-refractivity contribution is 0.137. The Morgan fingerprint density at radius 3 is 1.19 bits per heavy atom. The highest BCUT2D eigenvalue weighted by atomic mass is 16.6. The van der Waals surface area contributed by atoms with Crippen LogP contribution in [-0.2, 0) is 0 Å². The van der Waals surface area contributed by atoms with Gasteiger partial charge >= 0.3 is 6.16 Å². The maximum Gasteiger partial charge on any atom is 0.503 e. The smallest absolute Gasteiger partial charge is 0.450 e. The van der Waals surface area contributed by atoms with Gasteiger partial charge in [-0.1, -0.05) is 39.5 Å². The van der Waals surface area contributed by atoms with Crippen LogP contribution in [0.1, 0.15) is 52.4 Å². The highest BCUT2D eigenvalue weighted by Gasteiger charge is 1.75. The molecule has 0 fully saturated rings. The number of unbranched alkanes of at least 4 members (excludes halogenated alkanes) is 4. The molecule has 0 aromatic heterocycles. The van der Waals surface area contributed by atoms with Gasteiger partial charge in [-0.2, -0.15) is 0 Å². The van der Waals surface area contributed by atoms with E-state index in [1.807, 2.05) is 0 Å². The summed E-state index contributed by atoms with van der Waals surface area (Å²) in [6.45, 7) is 6.06. The fraction of sp³-hybridized carbons (Fsp3) is 0.909. The van der Waals surface area contributed by atoms with Gasteiger partial charge in [-0.25, -0.2) is 4.79 Å². The molecule has 0 atom stereocenters. The lowest BCUT2D eigenvalue weighted by Crippen LogP contribution is -1.96. The lowest BCUT2D eigenvalue weighted by Gasteiger charge is -1.86. The standard InChI is InChI=1S/2C5H13N.CH2O3/c2*1-2-3-4-5-6;2-1(3)4/h2*2-6H2,1H3;(H2,2,3,4). The van der Waals surface area contributed by atoms with Crippen molar-refractivity contribution >= 4 is 6.16 Å². The number of carboxylic acid groups (broad SMARTS) is 2. The first kappa shape index (κ1) is 20.6. The Morgan fingerprint density at radius 2 is 1.12 bits per heavy atom. The van der Waals surface area contributed by atoms with E-state index >= 15 is 0 Å². The third kappa shape index (κ3) is 72.8. The molecule has 0 bridgehead atoms. The number of nitrogens with two attached hydrogens (primary N) is 2. The first-order valence-electron chi connectivity index (χ1n) is 5.88. The molecule has 0 aliphatic rings. The predicted octanol–water partition coefficient (Wildman–Crippen LogP) is 2.49. The van der Waals surface area contributed by atoms with E-state index < -0.39 is 6.16 Å². The first-order valence-corrected chi connectivity index (χ1v) is 5.88. The summed E-state index contributed by atoms with van der Waals surface area (Å²) < 4.78 is 0. The molecule has 0 rings (SSSR count). The summed E-state index contributed by atoms with van der Waals surface area (Å²) in [5, 5.41) is 13.9. The minimum absolute atomic E-state index is 0.855. The molecule has 0 aromatic rings. The Kier molecular flexibility index (Phi) is 30.6. The summed E-state index contributed by atoms with van der Waals surface area (Å²) in [5.74, 6) is 0. The molecule has 5 nitrogen and oxygen atoms in total. The van der Waals surface area contributed by atoms with Crippen LogP contribution in [0.4, 0.5) is 4.79 Å².